The summed E-state index contributed by atoms with van der Waals surface area (Å²) in [5.41, 5.74) is 6.73. The number of pyridine rings is 1. The first-order chi connectivity index (χ1) is 9.11. The first-order valence-electron chi connectivity index (χ1n) is 5.47. The molecule has 0 unspecified atom stereocenters. The molecule has 0 saturated heterocycles. The van der Waals surface area contributed by atoms with Crippen molar-refractivity contribution in [3.05, 3.63) is 59.4 Å². The summed E-state index contributed by atoms with van der Waals surface area (Å²) >= 11 is 0. The molecule has 100 valence electrons. The Balaban J connectivity index is 2.26. The fourth-order valence-corrected chi connectivity index (χ4v) is 1.63. The van der Waals surface area contributed by atoms with Crippen molar-refractivity contribution in [3.8, 4) is 5.75 Å². The number of nitrogens with two attached hydrogens (primary N) is 1. The summed E-state index contributed by atoms with van der Waals surface area (Å²) in [5, 5.41) is 0. The molecule has 0 fully saturated rings. The number of aromatic nitrogens is 1. The predicted molar refractivity (Wildman–Crippen MR) is 63.2 cm³/mol. The molecule has 0 radical (unpaired) electrons. The Kier molecular flexibility index (Phi) is 4.01. The highest BCUT2D eigenvalue weighted by Crippen LogP contribution is 2.24. The molecular formula is C13H11F3N2O. The Labute approximate surface area is 107 Å². The number of halogens is 3. The summed E-state index contributed by atoms with van der Waals surface area (Å²) in [6.45, 7) is -1.11. The Morgan fingerprint density at radius 3 is 2.58 bits per heavy atom. The van der Waals surface area contributed by atoms with Gasteiger partial charge >= 0.3 is 0 Å². The van der Waals surface area contributed by atoms with Crippen molar-refractivity contribution in [3.63, 3.8) is 0 Å². The summed E-state index contributed by atoms with van der Waals surface area (Å²) in [6, 6.07) is 5.87. The van der Waals surface area contributed by atoms with Crippen molar-refractivity contribution < 1.29 is 17.9 Å². The first kappa shape index (κ1) is 13.4. The van der Waals surface area contributed by atoms with E-state index in [4.69, 9.17) is 5.73 Å². The van der Waals surface area contributed by atoms with Crippen LogP contribution in [0.25, 0.3) is 0 Å². The van der Waals surface area contributed by atoms with Crippen LogP contribution in [0, 0.1) is 11.6 Å². The van der Waals surface area contributed by atoms with Crippen molar-refractivity contribution in [2.75, 3.05) is 6.86 Å². The van der Waals surface area contributed by atoms with E-state index in [2.05, 4.69) is 9.72 Å². The normalized spacial score (nSPS) is 12.2. The Morgan fingerprint density at radius 1 is 1.21 bits per heavy atom. The van der Waals surface area contributed by atoms with E-state index in [1.807, 2.05) is 0 Å². The van der Waals surface area contributed by atoms with E-state index in [-0.39, 0.29) is 5.75 Å². The molecule has 0 aliphatic rings. The lowest BCUT2D eigenvalue weighted by Gasteiger charge is -2.12. The van der Waals surface area contributed by atoms with Crippen LogP contribution in [0.5, 0.6) is 5.75 Å². The van der Waals surface area contributed by atoms with Crippen molar-refractivity contribution >= 4 is 0 Å². The van der Waals surface area contributed by atoms with Gasteiger partial charge in [0.15, 0.2) is 11.6 Å². The van der Waals surface area contributed by atoms with Gasteiger partial charge in [-0.15, -0.1) is 0 Å². The molecule has 2 N–H and O–H groups in total. The van der Waals surface area contributed by atoms with E-state index in [1.54, 1.807) is 0 Å². The van der Waals surface area contributed by atoms with Crippen LogP contribution in [-0.2, 0) is 0 Å². The van der Waals surface area contributed by atoms with E-state index in [0.717, 1.165) is 12.3 Å². The smallest absolute Gasteiger partial charge is 0.228 e. The quantitative estimate of drug-likeness (QED) is 0.927. The number of rotatable bonds is 4. The second kappa shape index (κ2) is 5.71. The van der Waals surface area contributed by atoms with Gasteiger partial charge in [-0.25, -0.2) is 13.2 Å². The summed E-state index contributed by atoms with van der Waals surface area (Å²) in [5.74, 6) is -1.38. The second-order valence-corrected chi connectivity index (χ2v) is 3.82. The molecule has 0 bridgehead atoms. The molecule has 0 amide bonds. The van der Waals surface area contributed by atoms with Crippen molar-refractivity contribution in [2.45, 2.75) is 6.04 Å². The standard InChI is InChI=1S/C13H11F3N2O/c14-7-19-12-4-1-8(5-10(12)16)13(17)11-3-2-9(15)6-18-11/h1-6,13H,7,17H2/t13-/m0/s1. The summed E-state index contributed by atoms with van der Waals surface area (Å²) in [6.07, 6.45) is 1.03. The van der Waals surface area contributed by atoms with Gasteiger partial charge in [0.05, 0.1) is 17.9 Å². The van der Waals surface area contributed by atoms with E-state index in [9.17, 15) is 13.2 Å². The highest BCUT2D eigenvalue weighted by atomic mass is 19.1. The molecule has 6 heteroatoms. The molecule has 2 aromatic rings. The number of hydrogen-bond donors (Lipinski definition) is 1. The Hall–Kier alpha value is -2.08. The molecule has 3 nitrogen and oxygen atoms in total. The molecule has 0 saturated carbocycles. The van der Waals surface area contributed by atoms with Crippen molar-refractivity contribution in [1.82, 2.24) is 4.98 Å². The molecule has 0 spiro atoms. The third kappa shape index (κ3) is 3.03. The largest absolute Gasteiger partial charge is 0.460 e. The van der Waals surface area contributed by atoms with E-state index < -0.39 is 24.5 Å². The van der Waals surface area contributed by atoms with Crippen LogP contribution in [-0.4, -0.2) is 11.8 Å². The lowest BCUT2D eigenvalue weighted by atomic mass is 10.0. The molecule has 1 aromatic heterocycles. The van der Waals surface area contributed by atoms with Crippen LogP contribution in [0.3, 0.4) is 0 Å². The van der Waals surface area contributed by atoms with Crippen LogP contribution in [0.15, 0.2) is 36.5 Å². The highest BCUT2D eigenvalue weighted by Gasteiger charge is 2.13. The SMILES string of the molecule is N[C@@H](c1ccc(OCF)c(F)c1)c1ccc(F)cn1. The molecule has 19 heavy (non-hydrogen) atoms. The zero-order valence-corrected chi connectivity index (χ0v) is 9.82. The number of hydrogen-bond acceptors (Lipinski definition) is 3. The third-order valence-corrected chi connectivity index (χ3v) is 2.59. The lowest BCUT2D eigenvalue weighted by molar-refractivity contribution is 0.184. The van der Waals surface area contributed by atoms with Gasteiger partial charge in [0.2, 0.25) is 6.86 Å². The van der Waals surface area contributed by atoms with Gasteiger partial charge in [0.1, 0.15) is 5.82 Å². The number of alkyl halides is 1. The zero-order chi connectivity index (χ0) is 13.8. The fourth-order valence-electron chi connectivity index (χ4n) is 1.63. The van der Waals surface area contributed by atoms with E-state index in [0.29, 0.717) is 11.3 Å². The maximum absolute atomic E-state index is 13.5. The van der Waals surface area contributed by atoms with Crippen LogP contribution in [0.2, 0.25) is 0 Å². The van der Waals surface area contributed by atoms with E-state index >= 15 is 0 Å². The van der Waals surface area contributed by atoms with Gasteiger partial charge < -0.3 is 10.5 Å². The molecule has 0 aliphatic carbocycles. The molecule has 2 rings (SSSR count). The molecule has 1 aromatic carbocycles. The lowest BCUT2D eigenvalue weighted by Crippen LogP contribution is -2.14. The van der Waals surface area contributed by atoms with Gasteiger partial charge in [-0.2, -0.15) is 0 Å². The monoisotopic (exact) mass is 268 g/mol. The molecular weight excluding hydrogens is 257 g/mol. The van der Waals surface area contributed by atoms with Gasteiger partial charge in [0, 0.05) is 0 Å². The number of ether oxygens (including phenoxy) is 1. The zero-order valence-electron chi connectivity index (χ0n) is 9.82. The van der Waals surface area contributed by atoms with Gasteiger partial charge in [-0.05, 0) is 29.8 Å². The van der Waals surface area contributed by atoms with Crippen molar-refractivity contribution in [1.29, 1.82) is 0 Å². The van der Waals surface area contributed by atoms with Gasteiger partial charge in [-0.3, -0.25) is 4.98 Å². The van der Waals surface area contributed by atoms with Gasteiger partial charge in [0.25, 0.3) is 0 Å². The maximum Gasteiger partial charge on any atom is 0.228 e. The maximum atomic E-state index is 13.5. The minimum absolute atomic E-state index is 0.189. The topological polar surface area (TPSA) is 48.1 Å². The molecule has 1 atom stereocenters. The minimum Gasteiger partial charge on any atom is -0.460 e. The summed E-state index contributed by atoms with van der Waals surface area (Å²) in [4.78, 5) is 3.83. The Morgan fingerprint density at radius 2 is 2.00 bits per heavy atom. The second-order valence-electron chi connectivity index (χ2n) is 3.82. The highest BCUT2D eigenvalue weighted by molar-refractivity contribution is 5.34. The first-order valence-corrected chi connectivity index (χ1v) is 5.47. The minimum atomic E-state index is -1.11. The summed E-state index contributed by atoms with van der Waals surface area (Å²) in [7, 11) is 0. The summed E-state index contributed by atoms with van der Waals surface area (Å²) < 4.78 is 42.7. The average molecular weight is 268 g/mol. The number of nitrogens with zero attached hydrogens (tertiary/aromatic N) is 1. The predicted octanol–water partition coefficient (Wildman–Crippen LogP) is 2.71. The molecule has 0 aliphatic heterocycles. The Bertz CT molecular complexity index is 560. The number of benzene rings is 1. The van der Waals surface area contributed by atoms with Crippen LogP contribution >= 0.6 is 0 Å². The van der Waals surface area contributed by atoms with Crippen LogP contribution < -0.4 is 10.5 Å². The van der Waals surface area contributed by atoms with Crippen LogP contribution in [0.1, 0.15) is 17.3 Å². The molecule has 1 heterocycles. The fraction of sp³-hybridized carbons (Fsp3) is 0.154. The van der Waals surface area contributed by atoms with E-state index in [1.165, 1.54) is 24.3 Å². The van der Waals surface area contributed by atoms with Gasteiger partial charge in [-0.1, -0.05) is 6.07 Å². The third-order valence-electron chi connectivity index (χ3n) is 2.59. The van der Waals surface area contributed by atoms with Crippen molar-refractivity contribution in [2.24, 2.45) is 5.73 Å². The average Bonchev–Trinajstić information content (AvgIpc) is 2.41. The van der Waals surface area contributed by atoms with Crippen LogP contribution in [0.4, 0.5) is 13.2 Å².